The molecule has 1 atom stereocenters. The van der Waals surface area contributed by atoms with Gasteiger partial charge in [0, 0.05) is 12.2 Å². The highest BCUT2D eigenvalue weighted by Gasteiger charge is 2.19. The fourth-order valence-electron chi connectivity index (χ4n) is 1.55. The van der Waals surface area contributed by atoms with Crippen LogP contribution in [0.15, 0.2) is 12.1 Å². The topological polar surface area (TPSA) is 104 Å². The third-order valence-corrected chi connectivity index (χ3v) is 2.75. The first-order chi connectivity index (χ1) is 8.86. The van der Waals surface area contributed by atoms with Gasteiger partial charge in [0.2, 0.25) is 5.91 Å². The van der Waals surface area contributed by atoms with Crippen molar-refractivity contribution in [2.75, 3.05) is 17.6 Å². The molecule has 1 aromatic carbocycles. The summed E-state index contributed by atoms with van der Waals surface area (Å²) >= 11 is 5.97. The van der Waals surface area contributed by atoms with Gasteiger partial charge in [0.25, 0.3) is 0 Å². The molecule has 104 valence electrons. The summed E-state index contributed by atoms with van der Waals surface area (Å²) in [6.07, 6.45) is 0. The Balaban J connectivity index is 3.06. The van der Waals surface area contributed by atoms with Crippen LogP contribution in [0.2, 0.25) is 5.02 Å². The molecule has 5 N–H and O–H groups in total. The predicted octanol–water partition coefficient (Wildman–Crippen LogP) is 1.56. The smallest absolute Gasteiger partial charge is 0.337 e. The van der Waals surface area contributed by atoms with E-state index in [0.29, 0.717) is 6.54 Å². The first-order valence-corrected chi connectivity index (χ1v) is 6.11. The number of nitrogen functional groups attached to an aromatic ring is 1. The Kier molecular flexibility index (Phi) is 5.00. The van der Waals surface area contributed by atoms with E-state index in [-0.39, 0.29) is 27.9 Å². The molecule has 1 rings (SSSR count). The highest BCUT2D eigenvalue weighted by molar-refractivity contribution is 6.34. The van der Waals surface area contributed by atoms with Crippen molar-refractivity contribution in [3.8, 4) is 0 Å². The molecule has 0 radical (unpaired) electrons. The van der Waals surface area contributed by atoms with Crippen LogP contribution in [-0.2, 0) is 4.79 Å². The molecule has 0 aromatic heterocycles. The molecule has 6 nitrogen and oxygen atoms in total. The van der Waals surface area contributed by atoms with Crippen LogP contribution in [0, 0.1) is 0 Å². The maximum Gasteiger partial charge on any atom is 0.337 e. The quantitative estimate of drug-likeness (QED) is 0.615. The zero-order chi connectivity index (χ0) is 14.6. The summed E-state index contributed by atoms with van der Waals surface area (Å²) in [6.45, 7) is 3.90. The molecule has 0 saturated heterocycles. The van der Waals surface area contributed by atoms with Gasteiger partial charge in [-0.3, -0.25) is 4.79 Å². The van der Waals surface area contributed by atoms with Crippen molar-refractivity contribution in [2.24, 2.45) is 0 Å². The molecule has 0 aliphatic carbocycles. The molecular formula is C12H16ClN3O3. The number of carboxylic acid groups (broad SMARTS) is 1. The maximum absolute atomic E-state index is 11.6. The number of carbonyl (C=O) groups excluding carboxylic acids is 1. The number of carboxylic acids is 1. The summed E-state index contributed by atoms with van der Waals surface area (Å²) in [6, 6.07) is 2.11. The number of hydrogen-bond donors (Lipinski definition) is 4. The Labute approximate surface area is 115 Å². The Morgan fingerprint density at radius 2 is 2.11 bits per heavy atom. The molecular weight excluding hydrogens is 270 g/mol. The van der Waals surface area contributed by atoms with Crippen LogP contribution < -0.4 is 16.4 Å². The van der Waals surface area contributed by atoms with E-state index < -0.39 is 12.0 Å². The molecule has 1 unspecified atom stereocenters. The van der Waals surface area contributed by atoms with Crippen molar-refractivity contribution in [3.63, 3.8) is 0 Å². The largest absolute Gasteiger partial charge is 0.478 e. The number of hydrogen-bond acceptors (Lipinski definition) is 4. The number of aromatic carboxylic acids is 1. The number of benzene rings is 1. The molecule has 19 heavy (non-hydrogen) atoms. The predicted molar refractivity (Wildman–Crippen MR) is 74.6 cm³/mol. The minimum atomic E-state index is -1.17. The highest BCUT2D eigenvalue weighted by atomic mass is 35.5. The molecule has 0 fully saturated rings. The molecule has 1 aromatic rings. The monoisotopic (exact) mass is 285 g/mol. The first kappa shape index (κ1) is 15.1. The SMILES string of the molecule is CCNC(=O)C(C)Nc1c(Cl)cc(N)cc1C(=O)O. The van der Waals surface area contributed by atoms with Crippen molar-refractivity contribution < 1.29 is 14.7 Å². The van der Waals surface area contributed by atoms with E-state index >= 15 is 0 Å². The van der Waals surface area contributed by atoms with Gasteiger partial charge >= 0.3 is 5.97 Å². The Morgan fingerprint density at radius 1 is 1.47 bits per heavy atom. The first-order valence-electron chi connectivity index (χ1n) is 5.73. The van der Waals surface area contributed by atoms with E-state index in [1.165, 1.54) is 12.1 Å². The Hall–Kier alpha value is -1.95. The van der Waals surface area contributed by atoms with E-state index in [4.69, 9.17) is 22.4 Å². The van der Waals surface area contributed by atoms with Gasteiger partial charge in [0.1, 0.15) is 6.04 Å². The zero-order valence-electron chi connectivity index (χ0n) is 10.7. The van der Waals surface area contributed by atoms with Gasteiger partial charge in [-0.25, -0.2) is 4.79 Å². The molecule has 0 heterocycles. The van der Waals surface area contributed by atoms with E-state index in [9.17, 15) is 9.59 Å². The Bertz CT molecular complexity index is 505. The van der Waals surface area contributed by atoms with Crippen molar-refractivity contribution in [3.05, 3.63) is 22.7 Å². The number of halogens is 1. The second kappa shape index (κ2) is 6.29. The lowest BCUT2D eigenvalue weighted by Crippen LogP contribution is -2.37. The lowest BCUT2D eigenvalue weighted by atomic mass is 10.1. The fraction of sp³-hybridized carbons (Fsp3) is 0.333. The maximum atomic E-state index is 11.6. The van der Waals surface area contributed by atoms with Gasteiger partial charge in [-0.15, -0.1) is 0 Å². The van der Waals surface area contributed by atoms with E-state index in [1.807, 2.05) is 0 Å². The van der Waals surface area contributed by atoms with Crippen molar-refractivity contribution in [2.45, 2.75) is 19.9 Å². The van der Waals surface area contributed by atoms with Crippen LogP contribution >= 0.6 is 11.6 Å². The van der Waals surface area contributed by atoms with Gasteiger partial charge in [0.15, 0.2) is 0 Å². The zero-order valence-corrected chi connectivity index (χ0v) is 11.4. The summed E-state index contributed by atoms with van der Waals surface area (Å²) in [7, 11) is 0. The summed E-state index contributed by atoms with van der Waals surface area (Å²) in [5.74, 6) is -1.41. The second-order valence-corrected chi connectivity index (χ2v) is 4.40. The number of carbonyl (C=O) groups is 2. The minimum Gasteiger partial charge on any atom is -0.478 e. The average molecular weight is 286 g/mol. The Morgan fingerprint density at radius 3 is 2.63 bits per heavy atom. The number of rotatable bonds is 5. The normalized spacial score (nSPS) is 11.7. The molecule has 7 heteroatoms. The standard InChI is InChI=1S/C12H16ClN3O3/c1-3-15-11(17)6(2)16-10-8(12(18)19)4-7(14)5-9(10)13/h4-6,16H,3,14H2,1-2H3,(H,15,17)(H,18,19). The summed E-state index contributed by atoms with van der Waals surface area (Å²) in [4.78, 5) is 22.8. The summed E-state index contributed by atoms with van der Waals surface area (Å²) < 4.78 is 0. The van der Waals surface area contributed by atoms with E-state index in [0.717, 1.165) is 0 Å². The van der Waals surface area contributed by atoms with E-state index in [2.05, 4.69) is 10.6 Å². The minimum absolute atomic E-state index is 0.0684. The number of amides is 1. The third-order valence-electron chi connectivity index (χ3n) is 2.45. The number of nitrogens with one attached hydrogen (secondary N) is 2. The van der Waals surface area contributed by atoms with Gasteiger partial charge in [0.05, 0.1) is 16.3 Å². The van der Waals surface area contributed by atoms with E-state index in [1.54, 1.807) is 13.8 Å². The molecule has 0 aliphatic heterocycles. The molecule has 0 saturated carbocycles. The number of anilines is 2. The van der Waals surface area contributed by atoms with Gasteiger partial charge < -0.3 is 21.5 Å². The second-order valence-electron chi connectivity index (χ2n) is 3.99. The van der Waals surface area contributed by atoms with Crippen LogP contribution in [0.1, 0.15) is 24.2 Å². The van der Waals surface area contributed by atoms with Crippen molar-refractivity contribution in [1.82, 2.24) is 5.32 Å². The van der Waals surface area contributed by atoms with Crippen molar-refractivity contribution in [1.29, 1.82) is 0 Å². The van der Waals surface area contributed by atoms with Gasteiger partial charge in [-0.2, -0.15) is 0 Å². The lowest BCUT2D eigenvalue weighted by molar-refractivity contribution is -0.121. The highest BCUT2D eigenvalue weighted by Crippen LogP contribution is 2.29. The van der Waals surface area contributed by atoms with Crippen LogP contribution in [0.3, 0.4) is 0 Å². The van der Waals surface area contributed by atoms with Crippen molar-refractivity contribution >= 4 is 34.9 Å². The number of likely N-dealkylation sites (N-methyl/N-ethyl adjacent to an activating group) is 1. The molecule has 0 bridgehead atoms. The molecule has 0 aliphatic rings. The molecule has 0 spiro atoms. The van der Waals surface area contributed by atoms with Gasteiger partial charge in [-0.05, 0) is 26.0 Å². The molecule has 1 amide bonds. The fourth-order valence-corrected chi connectivity index (χ4v) is 1.83. The summed E-state index contributed by atoms with van der Waals surface area (Å²) in [5, 5.41) is 14.7. The lowest BCUT2D eigenvalue weighted by Gasteiger charge is -2.18. The summed E-state index contributed by atoms with van der Waals surface area (Å²) in [5.41, 5.74) is 5.91. The van der Waals surface area contributed by atoms with Crippen LogP contribution in [0.4, 0.5) is 11.4 Å². The average Bonchev–Trinajstić information content (AvgIpc) is 2.32. The van der Waals surface area contributed by atoms with Crippen LogP contribution in [0.5, 0.6) is 0 Å². The van der Waals surface area contributed by atoms with Crippen LogP contribution in [-0.4, -0.2) is 29.6 Å². The third kappa shape index (κ3) is 3.75. The van der Waals surface area contributed by atoms with Gasteiger partial charge in [-0.1, -0.05) is 11.6 Å². The van der Waals surface area contributed by atoms with Crippen LogP contribution in [0.25, 0.3) is 0 Å². The number of nitrogens with two attached hydrogens (primary N) is 1.